The van der Waals surface area contributed by atoms with E-state index < -0.39 is 0 Å². The van der Waals surface area contributed by atoms with E-state index in [0.717, 1.165) is 12.1 Å². The number of carbonyl (C=O) groups is 1. The van der Waals surface area contributed by atoms with Gasteiger partial charge in [-0.25, -0.2) is 4.79 Å². The summed E-state index contributed by atoms with van der Waals surface area (Å²) < 4.78 is 5.87. The third-order valence-electron chi connectivity index (χ3n) is 2.64. The summed E-state index contributed by atoms with van der Waals surface area (Å²) in [7, 11) is 4.04. The van der Waals surface area contributed by atoms with Crippen molar-refractivity contribution in [3.8, 4) is 0 Å². The minimum absolute atomic E-state index is 0.159. The summed E-state index contributed by atoms with van der Waals surface area (Å²) in [4.78, 5) is 11.7. The summed E-state index contributed by atoms with van der Waals surface area (Å²) in [5.41, 5.74) is 1.02. The third kappa shape index (κ3) is 5.64. The normalized spacial score (nSPS) is 11.7. The van der Waals surface area contributed by atoms with E-state index >= 15 is 0 Å². The maximum Gasteiger partial charge on any atom is 0.362 e. The van der Waals surface area contributed by atoms with Crippen LogP contribution in [-0.4, -0.2) is 37.6 Å². The molecule has 0 spiro atoms. The van der Waals surface area contributed by atoms with Gasteiger partial charge in [-0.3, -0.25) is 0 Å². The molecule has 0 heterocycles. The Morgan fingerprint density at radius 2 is 1.94 bits per heavy atom. The lowest BCUT2D eigenvalue weighted by molar-refractivity contribution is -0.877. The SMILES string of the molecule is C/C=C/C[N+](C)(C)CC(=O)OCc1ccccc1. The molecule has 0 aromatic heterocycles. The van der Waals surface area contributed by atoms with Crippen LogP contribution in [0.3, 0.4) is 0 Å². The Bertz CT molecular complexity index is 396. The number of rotatable bonds is 6. The molecule has 3 heteroatoms. The molecule has 0 aliphatic heterocycles. The summed E-state index contributed by atoms with van der Waals surface area (Å²) >= 11 is 0. The summed E-state index contributed by atoms with van der Waals surface area (Å²) in [5, 5.41) is 0. The van der Waals surface area contributed by atoms with Crippen molar-refractivity contribution in [2.24, 2.45) is 0 Å². The van der Waals surface area contributed by atoms with Gasteiger partial charge < -0.3 is 9.22 Å². The van der Waals surface area contributed by atoms with E-state index in [-0.39, 0.29) is 5.97 Å². The van der Waals surface area contributed by atoms with Gasteiger partial charge in [-0.15, -0.1) is 0 Å². The number of ether oxygens (including phenoxy) is 1. The highest BCUT2D eigenvalue weighted by Gasteiger charge is 2.19. The zero-order valence-electron chi connectivity index (χ0n) is 11.4. The standard InChI is InChI=1S/C15H22NO2/c1-4-5-11-16(2,3)12-15(17)18-13-14-9-7-6-8-10-14/h4-10H,11-13H2,1-3H3/q+1/b5-4+. The Balaban J connectivity index is 2.38. The zero-order chi connectivity index (χ0) is 13.4. The van der Waals surface area contributed by atoms with Crippen LogP contribution in [0.5, 0.6) is 0 Å². The number of hydrogen-bond donors (Lipinski definition) is 0. The largest absolute Gasteiger partial charge is 0.457 e. The van der Waals surface area contributed by atoms with Crippen molar-refractivity contribution in [1.82, 2.24) is 0 Å². The van der Waals surface area contributed by atoms with Crippen LogP contribution in [0, 0.1) is 0 Å². The van der Waals surface area contributed by atoms with E-state index in [1.165, 1.54) is 0 Å². The van der Waals surface area contributed by atoms with Crippen molar-refractivity contribution in [2.75, 3.05) is 27.2 Å². The molecule has 0 saturated carbocycles. The van der Waals surface area contributed by atoms with Crippen LogP contribution in [0.15, 0.2) is 42.5 Å². The first-order valence-corrected chi connectivity index (χ1v) is 6.16. The molecule has 98 valence electrons. The molecule has 18 heavy (non-hydrogen) atoms. The first-order chi connectivity index (χ1) is 8.53. The predicted octanol–water partition coefficient (Wildman–Crippen LogP) is 2.38. The molecule has 0 N–H and O–H groups in total. The first kappa shape index (κ1) is 14.5. The van der Waals surface area contributed by atoms with Crippen LogP contribution in [0.4, 0.5) is 0 Å². The lowest BCUT2D eigenvalue weighted by Crippen LogP contribution is -2.44. The monoisotopic (exact) mass is 248 g/mol. The Labute approximate surface area is 109 Å². The molecule has 0 amide bonds. The Morgan fingerprint density at radius 1 is 1.28 bits per heavy atom. The molecular weight excluding hydrogens is 226 g/mol. The fraction of sp³-hybridized carbons (Fsp3) is 0.400. The highest BCUT2D eigenvalue weighted by molar-refractivity contribution is 5.70. The second kappa shape index (κ2) is 6.97. The lowest BCUT2D eigenvalue weighted by atomic mass is 10.2. The smallest absolute Gasteiger partial charge is 0.362 e. The van der Waals surface area contributed by atoms with Gasteiger partial charge >= 0.3 is 5.97 Å². The van der Waals surface area contributed by atoms with E-state index in [1.54, 1.807) is 0 Å². The number of benzene rings is 1. The molecule has 0 aliphatic carbocycles. The van der Waals surface area contributed by atoms with E-state index in [2.05, 4.69) is 6.08 Å². The minimum Gasteiger partial charge on any atom is -0.457 e. The second-order valence-corrected chi connectivity index (χ2v) is 4.99. The van der Waals surface area contributed by atoms with E-state index in [1.807, 2.05) is 57.4 Å². The van der Waals surface area contributed by atoms with Gasteiger partial charge in [-0.05, 0) is 18.6 Å². The molecule has 0 radical (unpaired) electrons. The first-order valence-electron chi connectivity index (χ1n) is 6.16. The molecule has 0 unspecified atom stereocenters. The summed E-state index contributed by atoms with van der Waals surface area (Å²) in [5.74, 6) is -0.159. The van der Waals surface area contributed by atoms with Crippen molar-refractivity contribution in [3.63, 3.8) is 0 Å². The van der Waals surface area contributed by atoms with Gasteiger partial charge in [0.15, 0.2) is 6.54 Å². The predicted molar refractivity (Wildman–Crippen MR) is 72.9 cm³/mol. The van der Waals surface area contributed by atoms with Crippen molar-refractivity contribution < 1.29 is 14.0 Å². The zero-order valence-corrected chi connectivity index (χ0v) is 11.4. The Hall–Kier alpha value is -1.61. The van der Waals surface area contributed by atoms with Gasteiger partial charge in [0.2, 0.25) is 0 Å². The maximum absolute atomic E-state index is 11.7. The molecular formula is C15H22NO2+. The number of allylic oxidation sites excluding steroid dienone is 1. The number of nitrogens with zero attached hydrogens (tertiary/aromatic N) is 1. The molecule has 0 aliphatic rings. The molecule has 0 atom stereocenters. The summed E-state index contributed by atoms with van der Waals surface area (Å²) in [6, 6.07) is 9.73. The van der Waals surface area contributed by atoms with Crippen molar-refractivity contribution in [3.05, 3.63) is 48.0 Å². The fourth-order valence-electron chi connectivity index (χ4n) is 1.59. The van der Waals surface area contributed by atoms with E-state index in [0.29, 0.717) is 17.6 Å². The number of quaternary nitrogens is 1. The summed E-state index contributed by atoms with van der Waals surface area (Å²) in [6.45, 7) is 3.55. The summed E-state index contributed by atoms with van der Waals surface area (Å²) in [6.07, 6.45) is 4.06. The van der Waals surface area contributed by atoms with Crippen LogP contribution in [-0.2, 0) is 16.1 Å². The van der Waals surface area contributed by atoms with Gasteiger partial charge in [0.05, 0.1) is 20.6 Å². The molecule has 1 aromatic carbocycles. The number of carbonyl (C=O) groups excluding carboxylic acids is 1. The van der Waals surface area contributed by atoms with Gasteiger partial charge in [0.25, 0.3) is 0 Å². The van der Waals surface area contributed by atoms with Gasteiger partial charge in [0, 0.05) is 0 Å². The van der Waals surface area contributed by atoms with Gasteiger partial charge in [0.1, 0.15) is 6.61 Å². The fourth-order valence-corrected chi connectivity index (χ4v) is 1.59. The van der Waals surface area contributed by atoms with Gasteiger partial charge in [-0.1, -0.05) is 36.4 Å². The highest BCUT2D eigenvalue weighted by Crippen LogP contribution is 2.03. The maximum atomic E-state index is 11.7. The van der Waals surface area contributed by atoms with Gasteiger partial charge in [-0.2, -0.15) is 0 Å². The number of esters is 1. The van der Waals surface area contributed by atoms with Crippen LogP contribution in [0.2, 0.25) is 0 Å². The minimum atomic E-state index is -0.159. The molecule has 0 fully saturated rings. The molecule has 0 saturated heterocycles. The molecule has 3 nitrogen and oxygen atoms in total. The van der Waals surface area contributed by atoms with E-state index in [9.17, 15) is 4.79 Å². The average molecular weight is 248 g/mol. The highest BCUT2D eigenvalue weighted by atomic mass is 16.5. The van der Waals surface area contributed by atoms with Crippen LogP contribution < -0.4 is 0 Å². The van der Waals surface area contributed by atoms with Crippen LogP contribution in [0.1, 0.15) is 12.5 Å². The number of hydrogen-bond acceptors (Lipinski definition) is 2. The molecule has 1 aromatic rings. The third-order valence-corrected chi connectivity index (χ3v) is 2.64. The van der Waals surface area contributed by atoms with Crippen molar-refractivity contribution in [2.45, 2.75) is 13.5 Å². The lowest BCUT2D eigenvalue weighted by Gasteiger charge is -2.27. The topological polar surface area (TPSA) is 26.3 Å². The average Bonchev–Trinajstić information content (AvgIpc) is 2.35. The van der Waals surface area contributed by atoms with E-state index in [4.69, 9.17) is 4.74 Å². The quantitative estimate of drug-likeness (QED) is 0.439. The Morgan fingerprint density at radius 3 is 2.56 bits per heavy atom. The molecule has 1 rings (SSSR count). The van der Waals surface area contributed by atoms with Crippen LogP contribution in [0.25, 0.3) is 0 Å². The Kier molecular flexibility index (Phi) is 5.59. The molecule has 0 bridgehead atoms. The number of likely N-dealkylation sites (N-methyl/N-ethyl adjacent to an activating group) is 1. The van der Waals surface area contributed by atoms with Crippen molar-refractivity contribution >= 4 is 5.97 Å². The van der Waals surface area contributed by atoms with Crippen LogP contribution >= 0.6 is 0 Å². The second-order valence-electron chi connectivity index (χ2n) is 4.99. The van der Waals surface area contributed by atoms with Crippen molar-refractivity contribution in [1.29, 1.82) is 0 Å².